The van der Waals surface area contributed by atoms with Crippen molar-refractivity contribution in [3.05, 3.63) is 11.1 Å². The Morgan fingerprint density at radius 2 is 2.19 bits per heavy atom. The highest BCUT2D eigenvalue weighted by Crippen LogP contribution is 2.16. The second-order valence-electron chi connectivity index (χ2n) is 5.00. The Bertz CT molecular complexity index is 460. The normalized spacial score (nSPS) is 10.5. The number of aryl methyl sites for hydroxylation is 1. The minimum Gasteiger partial charge on any atom is -0.466 e. The number of hydrogen-bond donors (Lipinski definition) is 2. The Balaban J connectivity index is 2.28. The van der Waals surface area contributed by atoms with Crippen LogP contribution in [0.5, 0.6) is 0 Å². The number of hydrogen-bond acceptors (Lipinski definition) is 6. The SMILES string of the molecule is CCOC(=O)CCc1csc(NCC(=O)NCC(C)C)n1. The molecule has 7 heteroatoms. The van der Waals surface area contributed by atoms with Crippen LogP contribution in [0.3, 0.4) is 0 Å². The van der Waals surface area contributed by atoms with Crippen molar-refractivity contribution in [1.82, 2.24) is 10.3 Å². The first-order valence-electron chi connectivity index (χ1n) is 7.11. The predicted molar refractivity (Wildman–Crippen MR) is 83.4 cm³/mol. The van der Waals surface area contributed by atoms with Crippen LogP contribution in [-0.2, 0) is 20.7 Å². The molecule has 0 atom stereocenters. The van der Waals surface area contributed by atoms with Gasteiger partial charge in [0.1, 0.15) is 0 Å². The summed E-state index contributed by atoms with van der Waals surface area (Å²) in [5.41, 5.74) is 0.832. The highest BCUT2D eigenvalue weighted by atomic mass is 32.1. The lowest BCUT2D eigenvalue weighted by Gasteiger charge is -2.07. The summed E-state index contributed by atoms with van der Waals surface area (Å²) < 4.78 is 4.86. The van der Waals surface area contributed by atoms with Gasteiger partial charge in [-0.1, -0.05) is 13.8 Å². The van der Waals surface area contributed by atoms with Crippen molar-refractivity contribution in [2.24, 2.45) is 5.92 Å². The number of carbonyl (C=O) groups is 2. The fourth-order valence-corrected chi connectivity index (χ4v) is 2.25. The predicted octanol–water partition coefficient (Wildman–Crippen LogP) is 1.82. The fourth-order valence-electron chi connectivity index (χ4n) is 1.50. The molecule has 0 aliphatic carbocycles. The minimum absolute atomic E-state index is 0.0491. The second-order valence-corrected chi connectivity index (χ2v) is 5.86. The van der Waals surface area contributed by atoms with Gasteiger partial charge in [0.15, 0.2) is 5.13 Å². The number of aromatic nitrogens is 1. The van der Waals surface area contributed by atoms with Gasteiger partial charge in [-0.25, -0.2) is 4.98 Å². The summed E-state index contributed by atoms with van der Waals surface area (Å²) in [6, 6.07) is 0. The first kappa shape index (κ1) is 17.4. The Hall–Kier alpha value is -1.63. The molecule has 0 radical (unpaired) electrons. The quantitative estimate of drug-likeness (QED) is 0.680. The van der Waals surface area contributed by atoms with E-state index >= 15 is 0 Å². The molecule has 1 amide bonds. The Labute approximate surface area is 129 Å². The van der Waals surface area contributed by atoms with Crippen molar-refractivity contribution in [2.45, 2.75) is 33.6 Å². The van der Waals surface area contributed by atoms with Gasteiger partial charge in [0.05, 0.1) is 25.3 Å². The highest BCUT2D eigenvalue weighted by molar-refractivity contribution is 7.13. The number of esters is 1. The molecule has 1 heterocycles. The van der Waals surface area contributed by atoms with Crippen molar-refractivity contribution >= 4 is 28.3 Å². The molecule has 1 aromatic heterocycles. The summed E-state index contributed by atoms with van der Waals surface area (Å²) >= 11 is 1.43. The molecule has 0 spiro atoms. The lowest BCUT2D eigenvalue weighted by Crippen LogP contribution is -2.32. The van der Waals surface area contributed by atoms with E-state index in [2.05, 4.69) is 15.6 Å². The van der Waals surface area contributed by atoms with E-state index in [0.29, 0.717) is 37.0 Å². The van der Waals surface area contributed by atoms with E-state index in [1.54, 1.807) is 6.92 Å². The smallest absolute Gasteiger partial charge is 0.306 e. The van der Waals surface area contributed by atoms with Gasteiger partial charge >= 0.3 is 5.97 Å². The first-order chi connectivity index (χ1) is 10.0. The fraction of sp³-hybridized carbons (Fsp3) is 0.643. The Kier molecular flexibility index (Phi) is 7.74. The molecule has 1 rings (SSSR count). The molecule has 0 saturated carbocycles. The number of anilines is 1. The molecule has 2 N–H and O–H groups in total. The summed E-state index contributed by atoms with van der Waals surface area (Å²) in [4.78, 5) is 27.1. The van der Waals surface area contributed by atoms with Crippen molar-refractivity contribution < 1.29 is 14.3 Å². The van der Waals surface area contributed by atoms with E-state index in [-0.39, 0.29) is 18.4 Å². The van der Waals surface area contributed by atoms with E-state index in [4.69, 9.17) is 4.74 Å². The summed E-state index contributed by atoms with van der Waals surface area (Å²) in [7, 11) is 0. The number of ether oxygens (including phenoxy) is 1. The van der Waals surface area contributed by atoms with Gasteiger partial charge in [0, 0.05) is 18.3 Å². The zero-order valence-corrected chi connectivity index (χ0v) is 13.6. The van der Waals surface area contributed by atoms with E-state index in [0.717, 1.165) is 5.69 Å². The molecule has 0 aliphatic heterocycles. The van der Waals surface area contributed by atoms with Crippen molar-refractivity contribution in [3.8, 4) is 0 Å². The van der Waals surface area contributed by atoms with Gasteiger partial charge in [0.2, 0.25) is 5.91 Å². The average Bonchev–Trinajstić information content (AvgIpc) is 2.89. The van der Waals surface area contributed by atoms with Gasteiger partial charge < -0.3 is 15.4 Å². The largest absolute Gasteiger partial charge is 0.466 e. The molecule has 0 fully saturated rings. The standard InChI is InChI=1S/C14H23N3O3S/c1-4-20-13(19)6-5-11-9-21-14(17-11)16-8-12(18)15-7-10(2)3/h9-10H,4-8H2,1-3H3,(H,15,18)(H,16,17). The zero-order chi connectivity index (χ0) is 15.7. The third-order valence-corrected chi connectivity index (χ3v) is 3.40. The van der Waals surface area contributed by atoms with E-state index < -0.39 is 0 Å². The third kappa shape index (κ3) is 7.65. The molecule has 118 valence electrons. The maximum absolute atomic E-state index is 11.6. The molecular weight excluding hydrogens is 290 g/mol. The van der Waals surface area contributed by atoms with Crippen LogP contribution in [0.2, 0.25) is 0 Å². The van der Waals surface area contributed by atoms with Crippen molar-refractivity contribution in [2.75, 3.05) is 25.0 Å². The van der Waals surface area contributed by atoms with E-state index in [1.807, 2.05) is 19.2 Å². The number of carbonyl (C=O) groups excluding carboxylic acids is 2. The van der Waals surface area contributed by atoms with Crippen LogP contribution in [0.15, 0.2) is 5.38 Å². The number of rotatable bonds is 9. The van der Waals surface area contributed by atoms with Gasteiger partial charge in [-0.15, -0.1) is 11.3 Å². The summed E-state index contributed by atoms with van der Waals surface area (Å²) in [5.74, 6) is 0.170. The lowest BCUT2D eigenvalue weighted by molar-refractivity contribution is -0.143. The maximum Gasteiger partial charge on any atom is 0.306 e. The number of nitrogens with zero attached hydrogens (tertiary/aromatic N) is 1. The van der Waals surface area contributed by atoms with Crippen LogP contribution in [0.4, 0.5) is 5.13 Å². The van der Waals surface area contributed by atoms with Crippen LogP contribution in [0.25, 0.3) is 0 Å². The molecule has 21 heavy (non-hydrogen) atoms. The van der Waals surface area contributed by atoms with E-state index in [1.165, 1.54) is 11.3 Å². The molecule has 0 saturated heterocycles. The molecule has 0 unspecified atom stereocenters. The Morgan fingerprint density at radius 3 is 2.86 bits per heavy atom. The second kappa shape index (κ2) is 9.33. The van der Waals surface area contributed by atoms with Gasteiger partial charge in [-0.2, -0.15) is 0 Å². The number of thiazole rings is 1. The average molecular weight is 313 g/mol. The number of amides is 1. The van der Waals surface area contributed by atoms with Crippen molar-refractivity contribution in [1.29, 1.82) is 0 Å². The van der Waals surface area contributed by atoms with Gasteiger partial charge in [-0.05, 0) is 12.8 Å². The van der Waals surface area contributed by atoms with Crippen molar-refractivity contribution in [3.63, 3.8) is 0 Å². The Morgan fingerprint density at radius 1 is 1.43 bits per heavy atom. The summed E-state index contributed by atoms with van der Waals surface area (Å²) in [6.45, 7) is 7.15. The van der Waals surface area contributed by atoms with E-state index in [9.17, 15) is 9.59 Å². The van der Waals surface area contributed by atoms with Crippen LogP contribution in [0, 0.1) is 5.92 Å². The lowest BCUT2D eigenvalue weighted by atomic mass is 10.2. The third-order valence-electron chi connectivity index (χ3n) is 2.55. The van der Waals surface area contributed by atoms with Gasteiger partial charge in [-0.3, -0.25) is 9.59 Å². The molecule has 0 bridgehead atoms. The minimum atomic E-state index is -0.215. The molecule has 0 aliphatic rings. The highest BCUT2D eigenvalue weighted by Gasteiger charge is 2.08. The monoisotopic (exact) mass is 313 g/mol. The van der Waals surface area contributed by atoms with Gasteiger partial charge in [0.25, 0.3) is 0 Å². The molecule has 1 aromatic rings. The van der Waals surface area contributed by atoms with Crippen LogP contribution in [-0.4, -0.2) is 36.6 Å². The van der Waals surface area contributed by atoms with Crippen LogP contribution < -0.4 is 10.6 Å². The van der Waals surface area contributed by atoms with Crippen LogP contribution >= 0.6 is 11.3 Å². The molecule has 0 aromatic carbocycles. The maximum atomic E-state index is 11.6. The zero-order valence-electron chi connectivity index (χ0n) is 12.8. The summed E-state index contributed by atoms with van der Waals surface area (Å²) in [5, 5.41) is 8.38. The number of nitrogens with one attached hydrogen (secondary N) is 2. The topological polar surface area (TPSA) is 80.3 Å². The first-order valence-corrected chi connectivity index (χ1v) is 7.99. The molecular formula is C14H23N3O3S. The molecule has 6 nitrogen and oxygen atoms in total. The summed E-state index contributed by atoms with van der Waals surface area (Å²) in [6.07, 6.45) is 0.877. The van der Waals surface area contributed by atoms with Crippen LogP contribution in [0.1, 0.15) is 32.9 Å².